The van der Waals surface area contributed by atoms with Gasteiger partial charge in [-0.3, -0.25) is 19.7 Å². The third-order valence-electron chi connectivity index (χ3n) is 5.00. The van der Waals surface area contributed by atoms with Gasteiger partial charge in [0.1, 0.15) is 0 Å². The van der Waals surface area contributed by atoms with Crippen molar-refractivity contribution >= 4 is 28.9 Å². The van der Waals surface area contributed by atoms with Gasteiger partial charge >= 0.3 is 0 Å². The molecule has 1 aliphatic heterocycles. The molecule has 29 heavy (non-hydrogen) atoms. The second-order valence-corrected chi connectivity index (χ2v) is 7.19. The van der Waals surface area contributed by atoms with E-state index in [9.17, 15) is 19.7 Å². The van der Waals surface area contributed by atoms with Gasteiger partial charge in [0.25, 0.3) is 11.6 Å². The third kappa shape index (κ3) is 4.90. The van der Waals surface area contributed by atoms with E-state index in [0.29, 0.717) is 16.8 Å². The van der Waals surface area contributed by atoms with Crippen molar-refractivity contribution in [3.63, 3.8) is 0 Å². The first-order valence-electron chi connectivity index (χ1n) is 9.54. The fourth-order valence-electron chi connectivity index (χ4n) is 3.37. The number of nitro groups is 1. The van der Waals surface area contributed by atoms with Crippen LogP contribution in [0.3, 0.4) is 0 Å². The van der Waals surface area contributed by atoms with Crippen molar-refractivity contribution in [3.8, 4) is 0 Å². The third-order valence-corrected chi connectivity index (χ3v) is 5.00. The fourth-order valence-corrected chi connectivity index (χ4v) is 3.37. The molecule has 0 radical (unpaired) electrons. The smallest absolute Gasteiger partial charge is 0.269 e. The molecule has 0 saturated carbocycles. The Morgan fingerprint density at radius 3 is 2.31 bits per heavy atom. The summed E-state index contributed by atoms with van der Waals surface area (Å²) in [6, 6.07) is 9.72. The lowest BCUT2D eigenvalue weighted by Crippen LogP contribution is -2.27. The van der Waals surface area contributed by atoms with Gasteiger partial charge in [0.15, 0.2) is 0 Å². The van der Waals surface area contributed by atoms with Crippen LogP contribution < -0.4 is 10.6 Å². The van der Waals surface area contributed by atoms with Crippen molar-refractivity contribution in [3.05, 3.63) is 63.2 Å². The highest BCUT2D eigenvalue weighted by Gasteiger charge is 2.20. The molecule has 1 aliphatic rings. The van der Waals surface area contributed by atoms with E-state index in [4.69, 9.17) is 0 Å². The highest BCUT2D eigenvalue weighted by atomic mass is 16.6. The fraction of sp³-hybridized carbons (Fsp3) is 0.333. The number of non-ortho nitro benzene ring substituents is 1. The minimum Gasteiger partial charge on any atom is -0.376 e. The van der Waals surface area contributed by atoms with Crippen LogP contribution in [0, 0.1) is 24.0 Å². The van der Waals surface area contributed by atoms with Gasteiger partial charge in [-0.1, -0.05) is 0 Å². The number of carbonyl (C=O) groups is 2. The number of benzene rings is 2. The summed E-state index contributed by atoms with van der Waals surface area (Å²) in [7, 11) is 0. The van der Waals surface area contributed by atoms with Gasteiger partial charge in [-0.2, -0.15) is 0 Å². The molecule has 8 nitrogen and oxygen atoms in total. The van der Waals surface area contributed by atoms with Crippen LogP contribution in [0.2, 0.25) is 0 Å². The number of rotatable bonds is 6. The van der Waals surface area contributed by atoms with E-state index >= 15 is 0 Å². The van der Waals surface area contributed by atoms with Crippen LogP contribution in [0.5, 0.6) is 0 Å². The zero-order valence-electron chi connectivity index (χ0n) is 16.5. The van der Waals surface area contributed by atoms with Gasteiger partial charge in [-0.25, -0.2) is 0 Å². The molecule has 0 aliphatic carbocycles. The number of carbonyl (C=O) groups excluding carboxylic acids is 2. The average molecular weight is 396 g/mol. The SMILES string of the molecule is Cc1cc(C(=O)N2CCCC2)ccc1NCC(=O)Nc1ccc([N+](=O)[O-])cc1C. The van der Waals surface area contributed by atoms with E-state index in [1.165, 1.54) is 18.2 Å². The summed E-state index contributed by atoms with van der Waals surface area (Å²) < 4.78 is 0. The molecule has 2 amide bonds. The lowest BCUT2D eigenvalue weighted by Gasteiger charge is -2.17. The number of aryl methyl sites for hydroxylation is 2. The molecule has 0 atom stereocenters. The summed E-state index contributed by atoms with van der Waals surface area (Å²) in [5.41, 5.74) is 3.45. The number of nitrogens with one attached hydrogen (secondary N) is 2. The highest BCUT2D eigenvalue weighted by Crippen LogP contribution is 2.22. The van der Waals surface area contributed by atoms with Crippen molar-refractivity contribution in [1.82, 2.24) is 4.90 Å². The number of nitro benzene ring substituents is 1. The minimum atomic E-state index is -0.471. The molecule has 0 aromatic heterocycles. The lowest BCUT2D eigenvalue weighted by atomic mass is 10.1. The van der Waals surface area contributed by atoms with Gasteiger partial charge < -0.3 is 15.5 Å². The number of nitrogens with zero attached hydrogens (tertiary/aromatic N) is 2. The maximum absolute atomic E-state index is 12.5. The number of likely N-dealkylation sites (tertiary alicyclic amines) is 1. The molecule has 3 rings (SSSR count). The Balaban J connectivity index is 1.58. The quantitative estimate of drug-likeness (QED) is 0.574. The van der Waals surface area contributed by atoms with E-state index in [0.717, 1.165) is 37.2 Å². The molecule has 2 N–H and O–H groups in total. The lowest BCUT2D eigenvalue weighted by molar-refractivity contribution is -0.384. The zero-order valence-corrected chi connectivity index (χ0v) is 16.5. The van der Waals surface area contributed by atoms with Crippen molar-refractivity contribution in [2.45, 2.75) is 26.7 Å². The molecule has 1 fully saturated rings. The Bertz CT molecular complexity index is 952. The van der Waals surface area contributed by atoms with Gasteiger partial charge in [0.2, 0.25) is 5.91 Å². The monoisotopic (exact) mass is 396 g/mol. The molecule has 2 aromatic rings. The summed E-state index contributed by atoms with van der Waals surface area (Å²) in [5.74, 6) is -0.220. The minimum absolute atomic E-state index is 0.0159. The van der Waals surface area contributed by atoms with Gasteiger partial charge in [0, 0.05) is 42.2 Å². The topological polar surface area (TPSA) is 105 Å². The number of amides is 2. The second kappa shape index (κ2) is 8.72. The summed E-state index contributed by atoms with van der Waals surface area (Å²) >= 11 is 0. The standard InChI is InChI=1S/C21H24N4O4/c1-14-11-16(21(27)24-9-3-4-10-24)5-7-18(14)22-13-20(26)23-19-8-6-17(25(28)29)12-15(19)2/h5-8,11-12,22H,3-4,9-10,13H2,1-2H3,(H,23,26). The largest absolute Gasteiger partial charge is 0.376 e. The van der Waals surface area contributed by atoms with Gasteiger partial charge in [0.05, 0.1) is 11.5 Å². The van der Waals surface area contributed by atoms with Crippen LogP contribution in [0.25, 0.3) is 0 Å². The Kier molecular flexibility index (Phi) is 6.11. The van der Waals surface area contributed by atoms with Crippen LogP contribution >= 0.6 is 0 Å². The Labute approximate surface area is 169 Å². The van der Waals surface area contributed by atoms with Crippen molar-refractivity contribution < 1.29 is 14.5 Å². The first kappa shape index (κ1) is 20.3. The highest BCUT2D eigenvalue weighted by molar-refractivity contribution is 5.96. The molecule has 0 unspecified atom stereocenters. The van der Waals surface area contributed by atoms with E-state index in [2.05, 4.69) is 10.6 Å². The zero-order chi connectivity index (χ0) is 21.0. The van der Waals surface area contributed by atoms with Crippen molar-refractivity contribution in [2.75, 3.05) is 30.3 Å². The van der Waals surface area contributed by atoms with E-state index in [1.54, 1.807) is 13.0 Å². The molecule has 2 aromatic carbocycles. The number of anilines is 2. The molecular formula is C21H24N4O4. The van der Waals surface area contributed by atoms with E-state index in [1.807, 2.05) is 24.0 Å². The maximum atomic E-state index is 12.5. The molecule has 1 saturated heterocycles. The normalized spacial score (nSPS) is 13.2. The first-order chi connectivity index (χ1) is 13.8. The predicted octanol–water partition coefficient (Wildman–Crippen LogP) is 3.50. The summed E-state index contributed by atoms with van der Waals surface area (Å²) in [6.07, 6.45) is 2.10. The molecule has 152 valence electrons. The van der Waals surface area contributed by atoms with Crippen LogP contribution in [-0.4, -0.2) is 41.3 Å². The predicted molar refractivity (Wildman–Crippen MR) is 111 cm³/mol. The Morgan fingerprint density at radius 2 is 1.69 bits per heavy atom. The van der Waals surface area contributed by atoms with Gasteiger partial charge in [-0.15, -0.1) is 0 Å². The molecule has 0 bridgehead atoms. The van der Waals surface area contributed by atoms with Crippen LogP contribution in [0.4, 0.5) is 17.1 Å². The number of hydrogen-bond donors (Lipinski definition) is 2. The summed E-state index contributed by atoms with van der Waals surface area (Å²) in [6.45, 7) is 5.24. The van der Waals surface area contributed by atoms with Gasteiger partial charge in [-0.05, 0) is 62.1 Å². The average Bonchev–Trinajstić information content (AvgIpc) is 3.22. The first-order valence-corrected chi connectivity index (χ1v) is 9.54. The number of hydrogen-bond acceptors (Lipinski definition) is 5. The molecule has 8 heteroatoms. The van der Waals surface area contributed by atoms with Crippen molar-refractivity contribution in [1.29, 1.82) is 0 Å². The maximum Gasteiger partial charge on any atom is 0.269 e. The van der Waals surface area contributed by atoms with E-state index in [-0.39, 0.29) is 24.0 Å². The Hall–Kier alpha value is -3.42. The Morgan fingerprint density at radius 1 is 1.03 bits per heavy atom. The summed E-state index contributed by atoms with van der Waals surface area (Å²) in [4.78, 5) is 36.9. The van der Waals surface area contributed by atoms with Crippen molar-refractivity contribution in [2.24, 2.45) is 0 Å². The molecule has 1 heterocycles. The van der Waals surface area contributed by atoms with Crippen LogP contribution in [0.15, 0.2) is 36.4 Å². The van der Waals surface area contributed by atoms with Crippen LogP contribution in [-0.2, 0) is 4.79 Å². The molecule has 0 spiro atoms. The van der Waals surface area contributed by atoms with Crippen LogP contribution in [0.1, 0.15) is 34.3 Å². The second-order valence-electron chi connectivity index (χ2n) is 7.19. The molecular weight excluding hydrogens is 372 g/mol. The van der Waals surface area contributed by atoms with E-state index < -0.39 is 4.92 Å². The summed E-state index contributed by atoms with van der Waals surface area (Å²) in [5, 5.41) is 16.6.